The van der Waals surface area contributed by atoms with Crippen molar-refractivity contribution >= 4 is 23.9 Å². The molecule has 0 bridgehead atoms. The van der Waals surface area contributed by atoms with Gasteiger partial charge in [-0.1, -0.05) is 73.3 Å². The van der Waals surface area contributed by atoms with Crippen LogP contribution in [-0.4, -0.2) is 69.1 Å². The van der Waals surface area contributed by atoms with Crippen molar-refractivity contribution < 1.29 is 47.6 Å². The summed E-state index contributed by atoms with van der Waals surface area (Å²) in [5.74, 6) is -1.83. The summed E-state index contributed by atoms with van der Waals surface area (Å²) in [6.45, 7) is 8.55. The van der Waals surface area contributed by atoms with Crippen LogP contribution < -0.4 is 24.8 Å². The molecule has 0 saturated carbocycles. The average molecular weight is 677 g/mol. The Labute approximate surface area is 286 Å². The first kappa shape index (κ1) is 37.9. The second-order valence-corrected chi connectivity index (χ2v) is 11.8. The monoisotopic (exact) mass is 676 g/mol. The number of benzene rings is 3. The molecule has 262 valence electrons. The van der Waals surface area contributed by atoms with Crippen molar-refractivity contribution in [3.63, 3.8) is 0 Å². The Kier molecular flexibility index (Phi) is 14.5. The van der Waals surface area contributed by atoms with Gasteiger partial charge in [-0.25, -0.2) is 9.59 Å². The van der Waals surface area contributed by atoms with E-state index in [1.165, 1.54) is 32.4 Å². The van der Waals surface area contributed by atoms with E-state index in [9.17, 15) is 19.2 Å². The Bertz CT molecular complexity index is 1550. The number of ether oxygens (including phenoxy) is 6. The van der Waals surface area contributed by atoms with Gasteiger partial charge < -0.3 is 39.1 Å². The van der Waals surface area contributed by atoms with E-state index in [0.717, 1.165) is 11.1 Å². The van der Waals surface area contributed by atoms with Gasteiger partial charge in [-0.05, 0) is 38.3 Å². The van der Waals surface area contributed by atoms with Crippen molar-refractivity contribution in [2.75, 3.05) is 27.4 Å². The normalized spacial score (nSPS) is 12.0. The molecule has 49 heavy (non-hydrogen) atoms. The summed E-state index contributed by atoms with van der Waals surface area (Å²) in [7, 11) is 2.83. The van der Waals surface area contributed by atoms with Crippen molar-refractivity contribution in [1.29, 1.82) is 0 Å². The minimum absolute atomic E-state index is 0.0336. The van der Waals surface area contributed by atoms with Crippen LogP contribution in [0, 0.1) is 0 Å². The molecule has 12 heteroatoms. The Morgan fingerprint density at radius 1 is 0.816 bits per heavy atom. The molecule has 2 amide bonds. The second kappa shape index (κ2) is 18.7. The maximum absolute atomic E-state index is 13.8. The molecule has 0 fully saturated rings. The molecule has 0 unspecified atom stereocenters. The second-order valence-electron chi connectivity index (χ2n) is 11.8. The lowest BCUT2D eigenvalue weighted by atomic mass is 10.1. The Balaban J connectivity index is 1.89. The molecule has 0 radical (unpaired) electrons. The van der Waals surface area contributed by atoms with Crippen LogP contribution in [0.25, 0.3) is 0 Å². The maximum atomic E-state index is 13.8. The zero-order chi connectivity index (χ0) is 35.8. The highest BCUT2D eigenvalue weighted by Crippen LogP contribution is 2.35. The first-order valence-electron chi connectivity index (χ1n) is 15.6. The number of amides is 2. The van der Waals surface area contributed by atoms with E-state index in [2.05, 4.69) is 17.2 Å². The van der Waals surface area contributed by atoms with Crippen LogP contribution >= 0.6 is 0 Å². The number of carbonyl (C=O) groups is 4. The smallest absolute Gasteiger partial charge is 0.408 e. The van der Waals surface area contributed by atoms with Crippen LogP contribution in [0.5, 0.6) is 17.2 Å². The highest BCUT2D eigenvalue weighted by atomic mass is 16.6. The zero-order valence-electron chi connectivity index (χ0n) is 28.5. The van der Waals surface area contributed by atoms with E-state index in [0.29, 0.717) is 6.42 Å². The standard InChI is InChI=1S/C37H44N2O10/c1-7-18-46-33(40)21-29(35(42)48-23-26-16-12-9-13-17-26)39-34(41)28-20-31(44-5)32(45-6)22-30(28)47-24-27(19-25-14-10-8-11-15-25)38-36(43)49-37(2,3)4/h7-17,20,22,27,29H,1,18-19,21,23-24H2,2-6H3,(H,38,43)(H,39,41)/t27-,29+/m1/s1. The average Bonchev–Trinajstić information content (AvgIpc) is 3.07. The molecule has 2 atom stereocenters. The first-order valence-corrected chi connectivity index (χ1v) is 15.6. The number of hydrogen-bond donors (Lipinski definition) is 2. The quantitative estimate of drug-likeness (QED) is 0.111. The molecular formula is C37H44N2O10. The molecule has 0 aliphatic heterocycles. The summed E-state index contributed by atoms with van der Waals surface area (Å²) in [6.07, 6.45) is 0.629. The van der Waals surface area contributed by atoms with Crippen molar-refractivity contribution in [2.45, 2.75) is 57.9 Å². The van der Waals surface area contributed by atoms with E-state index >= 15 is 0 Å². The molecule has 0 aliphatic rings. The Morgan fingerprint density at radius 2 is 1.43 bits per heavy atom. The van der Waals surface area contributed by atoms with Crippen LogP contribution in [0.15, 0.2) is 85.5 Å². The Morgan fingerprint density at radius 3 is 2.02 bits per heavy atom. The first-order chi connectivity index (χ1) is 23.4. The van der Waals surface area contributed by atoms with Crippen LogP contribution in [0.1, 0.15) is 48.7 Å². The molecule has 0 spiro atoms. The minimum atomic E-state index is -1.41. The molecule has 3 aromatic rings. The van der Waals surface area contributed by atoms with Crippen molar-refractivity contribution in [3.05, 3.63) is 102 Å². The molecular weight excluding hydrogens is 632 g/mol. The number of rotatable bonds is 17. The third-order valence-electron chi connectivity index (χ3n) is 6.76. The SMILES string of the molecule is C=CCOC(=O)C[C@H](NC(=O)c1cc(OC)c(OC)cc1OC[C@@H](Cc1ccccc1)NC(=O)OC(C)(C)C)C(=O)OCc1ccccc1. The minimum Gasteiger partial charge on any atom is -0.493 e. The van der Waals surface area contributed by atoms with Gasteiger partial charge in [0.25, 0.3) is 5.91 Å². The van der Waals surface area contributed by atoms with Crippen molar-refractivity contribution in [1.82, 2.24) is 10.6 Å². The molecule has 0 saturated heterocycles. The van der Waals surface area contributed by atoms with Gasteiger partial charge >= 0.3 is 18.0 Å². The molecule has 0 aromatic heterocycles. The third-order valence-corrected chi connectivity index (χ3v) is 6.76. The highest BCUT2D eigenvalue weighted by molar-refractivity contribution is 6.00. The summed E-state index contributed by atoms with van der Waals surface area (Å²) in [5, 5.41) is 5.43. The number of methoxy groups -OCH3 is 2. The fourth-order valence-electron chi connectivity index (χ4n) is 4.51. The van der Waals surface area contributed by atoms with E-state index in [1.807, 2.05) is 36.4 Å². The summed E-state index contributed by atoms with van der Waals surface area (Å²) >= 11 is 0. The molecule has 3 rings (SSSR count). The van der Waals surface area contributed by atoms with Gasteiger partial charge in [0, 0.05) is 12.1 Å². The van der Waals surface area contributed by atoms with E-state index in [-0.39, 0.29) is 42.6 Å². The predicted molar refractivity (Wildman–Crippen MR) is 182 cm³/mol. The largest absolute Gasteiger partial charge is 0.493 e. The zero-order valence-corrected chi connectivity index (χ0v) is 28.5. The van der Waals surface area contributed by atoms with Gasteiger partial charge in [0.05, 0.1) is 32.2 Å². The third kappa shape index (κ3) is 12.9. The van der Waals surface area contributed by atoms with Gasteiger partial charge in [-0.15, -0.1) is 0 Å². The summed E-state index contributed by atoms with van der Waals surface area (Å²) < 4.78 is 33.0. The maximum Gasteiger partial charge on any atom is 0.408 e. The molecule has 2 N–H and O–H groups in total. The van der Waals surface area contributed by atoms with Crippen molar-refractivity contribution in [3.8, 4) is 17.2 Å². The van der Waals surface area contributed by atoms with Gasteiger partial charge in [0.2, 0.25) is 0 Å². The predicted octanol–water partition coefficient (Wildman–Crippen LogP) is 5.18. The summed E-state index contributed by atoms with van der Waals surface area (Å²) in [6, 6.07) is 19.3. The lowest BCUT2D eigenvalue weighted by Gasteiger charge is -2.25. The molecule has 0 heterocycles. The van der Waals surface area contributed by atoms with Crippen LogP contribution in [0.4, 0.5) is 4.79 Å². The molecule has 3 aromatic carbocycles. The number of esters is 2. The molecule has 0 aliphatic carbocycles. The highest BCUT2D eigenvalue weighted by Gasteiger charge is 2.29. The fourth-order valence-corrected chi connectivity index (χ4v) is 4.51. The lowest BCUT2D eigenvalue weighted by Crippen LogP contribution is -2.44. The fraction of sp³-hybridized carbons (Fsp3) is 0.351. The number of carbonyl (C=O) groups excluding carboxylic acids is 4. The number of hydrogen-bond acceptors (Lipinski definition) is 10. The number of nitrogens with one attached hydrogen (secondary N) is 2. The van der Waals surface area contributed by atoms with Gasteiger partial charge in [-0.3, -0.25) is 9.59 Å². The summed E-state index contributed by atoms with van der Waals surface area (Å²) in [4.78, 5) is 52.3. The van der Waals surface area contributed by atoms with Gasteiger partial charge in [-0.2, -0.15) is 0 Å². The molecule has 12 nitrogen and oxygen atoms in total. The van der Waals surface area contributed by atoms with Crippen LogP contribution in [0.3, 0.4) is 0 Å². The van der Waals surface area contributed by atoms with E-state index in [1.54, 1.807) is 45.0 Å². The van der Waals surface area contributed by atoms with E-state index in [4.69, 9.17) is 28.4 Å². The summed E-state index contributed by atoms with van der Waals surface area (Å²) in [5.41, 5.74) is 0.885. The van der Waals surface area contributed by atoms with Gasteiger partial charge in [0.1, 0.15) is 37.2 Å². The van der Waals surface area contributed by atoms with Crippen molar-refractivity contribution in [2.24, 2.45) is 0 Å². The lowest BCUT2D eigenvalue weighted by molar-refractivity contribution is -0.152. The Hall–Kier alpha value is -5.52. The van der Waals surface area contributed by atoms with Crippen LogP contribution in [0.2, 0.25) is 0 Å². The van der Waals surface area contributed by atoms with Gasteiger partial charge in [0.15, 0.2) is 11.5 Å². The van der Waals surface area contributed by atoms with E-state index < -0.39 is 48.0 Å². The van der Waals surface area contributed by atoms with Crippen LogP contribution in [-0.2, 0) is 36.8 Å². The topological polar surface area (TPSA) is 148 Å². The number of alkyl carbamates (subject to hydrolysis) is 1.